The van der Waals surface area contributed by atoms with E-state index in [1.165, 1.54) is 6.07 Å². The summed E-state index contributed by atoms with van der Waals surface area (Å²) < 4.78 is 16.0. The average Bonchev–Trinajstić information content (AvgIpc) is 3.12. The van der Waals surface area contributed by atoms with E-state index < -0.39 is 0 Å². The molecule has 2 aromatic rings. The molecule has 2 aromatic carbocycles. The third-order valence-electron chi connectivity index (χ3n) is 3.37. The third kappa shape index (κ3) is 4.21. The lowest BCUT2D eigenvalue weighted by Gasteiger charge is -2.03. The first-order chi connectivity index (χ1) is 12.3. The maximum atomic E-state index is 11.9. The van der Waals surface area contributed by atoms with E-state index in [9.17, 15) is 4.79 Å². The minimum absolute atomic E-state index is 0.194. The van der Waals surface area contributed by atoms with E-state index >= 15 is 0 Å². The van der Waals surface area contributed by atoms with Gasteiger partial charge in [0.15, 0.2) is 11.5 Å². The molecule has 0 unspecified atom stereocenters. The number of hydrogen-bond donors (Lipinski definition) is 1. The van der Waals surface area contributed by atoms with Crippen molar-refractivity contribution in [2.75, 3.05) is 19.9 Å². The fourth-order valence-corrected chi connectivity index (χ4v) is 2.16. The smallest absolute Gasteiger partial charge is 0.252 e. The topological polar surface area (TPSA) is 80.6 Å². The molecular formula is C19H14N2O4. The van der Waals surface area contributed by atoms with E-state index in [1.807, 2.05) is 6.07 Å². The quantitative estimate of drug-likeness (QED) is 0.866. The molecule has 0 fully saturated rings. The predicted molar refractivity (Wildman–Crippen MR) is 89.3 cm³/mol. The summed E-state index contributed by atoms with van der Waals surface area (Å²) in [4.78, 5) is 11.9. The van der Waals surface area contributed by atoms with E-state index in [2.05, 4.69) is 17.2 Å². The van der Waals surface area contributed by atoms with Crippen LogP contribution in [0.3, 0.4) is 0 Å². The van der Waals surface area contributed by atoms with E-state index in [0.717, 1.165) is 0 Å². The molecule has 3 rings (SSSR count). The number of nitrogens with zero attached hydrogens (tertiary/aromatic N) is 1. The van der Waals surface area contributed by atoms with Gasteiger partial charge in [-0.25, -0.2) is 0 Å². The molecule has 1 aliphatic rings. The van der Waals surface area contributed by atoms with Crippen LogP contribution in [0.25, 0.3) is 0 Å². The van der Waals surface area contributed by atoms with E-state index in [1.54, 1.807) is 36.4 Å². The molecule has 6 nitrogen and oxygen atoms in total. The van der Waals surface area contributed by atoms with Crippen molar-refractivity contribution in [1.82, 2.24) is 5.32 Å². The van der Waals surface area contributed by atoms with Crippen molar-refractivity contribution in [3.05, 3.63) is 53.6 Å². The van der Waals surface area contributed by atoms with Gasteiger partial charge in [0.2, 0.25) is 6.79 Å². The number of rotatable bonds is 4. The van der Waals surface area contributed by atoms with Crippen LogP contribution in [-0.4, -0.2) is 25.9 Å². The second kappa shape index (κ2) is 7.76. The Morgan fingerprint density at radius 3 is 2.92 bits per heavy atom. The number of ether oxygens (including phenoxy) is 3. The Bertz CT molecular complexity index is 890. The van der Waals surface area contributed by atoms with Gasteiger partial charge < -0.3 is 19.5 Å². The first-order valence-electron chi connectivity index (χ1n) is 7.53. The van der Waals surface area contributed by atoms with Crippen LogP contribution in [0.15, 0.2) is 42.5 Å². The fraction of sp³-hybridized carbons (Fsp3) is 0.158. The Morgan fingerprint density at radius 1 is 1.16 bits per heavy atom. The molecule has 0 saturated heterocycles. The Balaban J connectivity index is 1.44. The number of fused-ring (bicyclic) bond motifs is 1. The minimum Gasteiger partial charge on any atom is -0.481 e. The molecular weight excluding hydrogens is 320 g/mol. The summed E-state index contributed by atoms with van der Waals surface area (Å²) >= 11 is 0. The molecule has 0 saturated carbocycles. The van der Waals surface area contributed by atoms with E-state index in [-0.39, 0.29) is 25.9 Å². The van der Waals surface area contributed by atoms with Gasteiger partial charge >= 0.3 is 0 Å². The van der Waals surface area contributed by atoms with Crippen molar-refractivity contribution in [2.24, 2.45) is 0 Å². The molecule has 0 bridgehead atoms. The second-order valence-corrected chi connectivity index (χ2v) is 5.03. The number of carbonyl (C=O) groups excluding carboxylic acids is 1. The Labute approximate surface area is 144 Å². The summed E-state index contributed by atoms with van der Waals surface area (Å²) in [7, 11) is 0. The predicted octanol–water partition coefficient (Wildman–Crippen LogP) is 2.10. The highest BCUT2D eigenvalue weighted by atomic mass is 16.7. The van der Waals surface area contributed by atoms with Crippen LogP contribution in [0.5, 0.6) is 17.2 Å². The molecule has 1 amide bonds. The number of amides is 1. The fourth-order valence-electron chi connectivity index (χ4n) is 2.16. The Morgan fingerprint density at radius 2 is 2.04 bits per heavy atom. The zero-order valence-corrected chi connectivity index (χ0v) is 13.2. The first-order valence-corrected chi connectivity index (χ1v) is 7.53. The zero-order chi connectivity index (χ0) is 17.5. The normalized spacial score (nSPS) is 11.0. The van der Waals surface area contributed by atoms with Gasteiger partial charge in [0.05, 0.1) is 18.2 Å². The van der Waals surface area contributed by atoms with Crippen molar-refractivity contribution < 1.29 is 19.0 Å². The zero-order valence-electron chi connectivity index (χ0n) is 13.2. The molecule has 0 aromatic heterocycles. The van der Waals surface area contributed by atoms with Gasteiger partial charge in [0.25, 0.3) is 5.91 Å². The van der Waals surface area contributed by atoms with Gasteiger partial charge in [-0.1, -0.05) is 17.9 Å². The summed E-state index contributed by atoms with van der Waals surface area (Å²) in [5.41, 5.74) is 0.869. The second-order valence-electron chi connectivity index (χ2n) is 5.03. The SMILES string of the molecule is N#Cc1cccc(C(=O)NCC#CCOc2ccc3c(c2)OCO3)c1. The van der Waals surface area contributed by atoms with Crippen LogP contribution in [0.1, 0.15) is 15.9 Å². The lowest BCUT2D eigenvalue weighted by molar-refractivity contribution is 0.0958. The number of hydrogen-bond acceptors (Lipinski definition) is 5. The van der Waals surface area contributed by atoms with Gasteiger partial charge in [-0.05, 0) is 30.3 Å². The van der Waals surface area contributed by atoms with Gasteiger partial charge in [-0.2, -0.15) is 5.26 Å². The molecule has 0 atom stereocenters. The Hall–Kier alpha value is -3.64. The van der Waals surface area contributed by atoms with Gasteiger partial charge in [-0.3, -0.25) is 4.79 Å². The number of nitriles is 1. The molecule has 25 heavy (non-hydrogen) atoms. The van der Waals surface area contributed by atoms with Crippen LogP contribution in [0.2, 0.25) is 0 Å². The van der Waals surface area contributed by atoms with Crippen LogP contribution >= 0.6 is 0 Å². The molecule has 0 spiro atoms. The molecule has 0 aliphatic carbocycles. The van der Waals surface area contributed by atoms with Gasteiger partial charge in [0.1, 0.15) is 12.4 Å². The van der Waals surface area contributed by atoms with Crippen LogP contribution in [0.4, 0.5) is 0 Å². The minimum atomic E-state index is -0.275. The molecule has 124 valence electrons. The van der Waals surface area contributed by atoms with Crippen LogP contribution in [-0.2, 0) is 0 Å². The molecule has 0 radical (unpaired) electrons. The molecule has 1 aliphatic heterocycles. The standard InChI is InChI=1S/C19H14N2O4/c20-12-14-4-3-5-15(10-14)19(22)21-8-1-2-9-23-16-6-7-17-18(11-16)25-13-24-17/h3-7,10-11H,8-9,13H2,(H,21,22). The highest BCUT2D eigenvalue weighted by Crippen LogP contribution is 2.34. The van der Waals surface area contributed by atoms with Crippen LogP contribution < -0.4 is 19.5 Å². The maximum Gasteiger partial charge on any atom is 0.252 e. The highest BCUT2D eigenvalue weighted by molar-refractivity contribution is 5.94. The number of nitrogens with one attached hydrogen (secondary N) is 1. The summed E-state index contributed by atoms with van der Waals surface area (Å²) in [6.45, 7) is 0.606. The monoisotopic (exact) mass is 334 g/mol. The van der Waals surface area contributed by atoms with Crippen molar-refractivity contribution >= 4 is 5.91 Å². The van der Waals surface area contributed by atoms with Crippen molar-refractivity contribution in [3.63, 3.8) is 0 Å². The lowest BCUT2D eigenvalue weighted by atomic mass is 10.1. The highest BCUT2D eigenvalue weighted by Gasteiger charge is 2.13. The van der Waals surface area contributed by atoms with Crippen LogP contribution in [0, 0.1) is 23.2 Å². The molecule has 1 N–H and O–H groups in total. The Kier molecular flexibility index (Phi) is 5.04. The summed E-state index contributed by atoms with van der Waals surface area (Å²) in [5, 5.41) is 11.5. The van der Waals surface area contributed by atoms with Gasteiger partial charge in [0, 0.05) is 11.6 Å². The van der Waals surface area contributed by atoms with Gasteiger partial charge in [-0.15, -0.1) is 0 Å². The number of carbonyl (C=O) groups is 1. The largest absolute Gasteiger partial charge is 0.481 e. The first kappa shape index (κ1) is 16.2. The summed E-state index contributed by atoms with van der Waals surface area (Å²) in [5.74, 6) is 7.34. The lowest BCUT2D eigenvalue weighted by Crippen LogP contribution is -2.23. The third-order valence-corrected chi connectivity index (χ3v) is 3.37. The van der Waals surface area contributed by atoms with Crippen molar-refractivity contribution in [3.8, 4) is 35.2 Å². The van der Waals surface area contributed by atoms with Crippen molar-refractivity contribution in [1.29, 1.82) is 5.26 Å². The summed E-state index contributed by atoms with van der Waals surface area (Å²) in [6.07, 6.45) is 0. The van der Waals surface area contributed by atoms with E-state index in [0.29, 0.717) is 28.4 Å². The van der Waals surface area contributed by atoms with Crippen molar-refractivity contribution in [2.45, 2.75) is 0 Å². The number of benzene rings is 2. The molecule has 1 heterocycles. The maximum absolute atomic E-state index is 11.9. The molecule has 6 heteroatoms. The van der Waals surface area contributed by atoms with E-state index in [4.69, 9.17) is 19.5 Å². The summed E-state index contributed by atoms with van der Waals surface area (Å²) in [6, 6.07) is 13.8. The average molecular weight is 334 g/mol.